The molecule has 1 aromatic carbocycles. The van der Waals surface area contributed by atoms with Crippen molar-refractivity contribution < 1.29 is 0 Å². The summed E-state index contributed by atoms with van der Waals surface area (Å²) in [5.41, 5.74) is 9.90. The van der Waals surface area contributed by atoms with E-state index < -0.39 is 0 Å². The number of fused-ring (bicyclic) bond motifs is 1. The quantitative estimate of drug-likeness (QED) is 0.714. The number of nitrogens with one attached hydrogen (secondary N) is 1. The van der Waals surface area contributed by atoms with Gasteiger partial charge in [-0.1, -0.05) is 15.9 Å². The molecule has 0 fully saturated rings. The highest BCUT2D eigenvalue weighted by atomic mass is 79.9. The number of nitrogen functional groups attached to an aromatic ring is 1. The number of nitrogens with zero attached hydrogens (tertiary/aromatic N) is 1. The summed E-state index contributed by atoms with van der Waals surface area (Å²) in [5.74, 6) is 0. The number of anilines is 2. The molecule has 0 spiro atoms. The first-order chi connectivity index (χ1) is 9.65. The Bertz CT molecular complexity index is 735. The highest BCUT2D eigenvalue weighted by Crippen LogP contribution is 2.33. The summed E-state index contributed by atoms with van der Waals surface area (Å²) in [7, 11) is 0. The van der Waals surface area contributed by atoms with Crippen molar-refractivity contribution in [1.29, 1.82) is 0 Å². The van der Waals surface area contributed by atoms with Gasteiger partial charge >= 0.3 is 0 Å². The fourth-order valence-electron chi connectivity index (χ4n) is 2.16. The Morgan fingerprint density at radius 3 is 2.95 bits per heavy atom. The van der Waals surface area contributed by atoms with Crippen molar-refractivity contribution >= 4 is 49.5 Å². The number of rotatable bonds is 3. The minimum atomic E-state index is 0.202. The molecule has 1 atom stereocenters. The molecule has 0 bridgehead atoms. The number of nitrogens with two attached hydrogens (primary N) is 1. The summed E-state index contributed by atoms with van der Waals surface area (Å²) in [5, 5.41) is 8.76. The van der Waals surface area contributed by atoms with Crippen molar-refractivity contribution in [1.82, 2.24) is 4.98 Å². The van der Waals surface area contributed by atoms with Crippen LogP contribution in [0.2, 0.25) is 0 Å². The number of pyridine rings is 1. The lowest BCUT2D eigenvalue weighted by Crippen LogP contribution is -2.08. The normalized spacial score (nSPS) is 12.5. The van der Waals surface area contributed by atoms with E-state index in [1.54, 1.807) is 17.5 Å². The van der Waals surface area contributed by atoms with Crippen molar-refractivity contribution in [3.8, 4) is 0 Å². The van der Waals surface area contributed by atoms with E-state index in [0.717, 1.165) is 21.1 Å². The fraction of sp³-hybridized carbons (Fsp3) is 0.133. The molecule has 0 amide bonds. The van der Waals surface area contributed by atoms with E-state index in [-0.39, 0.29) is 6.04 Å². The van der Waals surface area contributed by atoms with Crippen LogP contribution in [0, 0.1) is 0 Å². The summed E-state index contributed by atoms with van der Waals surface area (Å²) >= 11 is 5.20. The average Bonchev–Trinajstić information content (AvgIpc) is 2.96. The van der Waals surface area contributed by atoms with Crippen LogP contribution in [-0.4, -0.2) is 4.98 Å². The molecule has 0 aliphatic rings. The highest BCUT2D eigenvalue weighted by Gasteiger charge is 2.11. The van der Waals surface area contributed by atoms with Gasteiger partial charge < -0.3 is 11.1 Å². The number of halogens is 1. The van der Waals surface area contributed by atoms with Crippen LogP contribution in [0.15, 0.2) is 45.7 Å². The van der Waals surface area contributed by atoms with Gasteiger partial charge in [0.25, 0.3) is 0 Å². The molecular formula is C15H14BrN3S. The predicted octanol–water partition coefficient (Wildman–Crippen LogP) is 4.81. The molecule has 0 saturated carbocycles. The summed E-state index contributed by atoms with van der Waals surface area (Å²) in [6.45, 7) is 2.13. The first kappa shape index (κ1) is 13.4. The van der Waals surface area contributed by atoms with Gasteiger partial charge in [-0.3, -0.25) is 4.98 Å². The summed E-state index contributed by atoms with van der Waals surface area (Å²) in [4.78, 5) is 4.37. The number of hydrogen-bond donors (Lipinski definition) is 2. The third-order valence-electron chi connectivity index (χ3n) is 3.26. The van der Waals surface area contributed by atoms with Crippen LogP contribution < -0.4 is 11.1 Å². The van der Waals surface area contributed by atoms with E-state index in [1.165, 1.54) is 5.56 Å². The van der Waals surface area contributed by atoms with Crippen molar-refractivity contribution in [2.24, 2.45) is 0 Å². The second-order valence-electron chi connectivity index (χ2n) is 4.67. The first-order valence-electron chi connectivity index (χ1n) is 6.27. The maximum absolute atomic E-state index is 6.10. The lowest BCUT2D eigenvalue weighted by Gasteiger charge is -2.17. The van der Waals surface area contributed by atoms with E-state index >= 15 is 0 Å². The van der Waals surface area contributed by atoms with Crippen molar-refractivity contribution in [3.63, 3.8) is 0 Å². The van der Waals surface area contributed by atoms with Gasteiger partial charge in [-0.2, -0.15) is 11.3 Å². The number of thiophene rings is 1. The standard InChI is InChI=1S/C15H14BrN3S/c1-9(10-4-5-20-8-10)19-15-12-6-11(16)2-3-14(12)18-7-13(15)17/h2-9H,17H2,1H3,(H,18,19). The van der Waals surface area contributed by atoms with E-state index in [9.17, 15) is 0 Å². The summed E-state index contributed by atoms with van der Waals surface area (Å²) in [6.07, 6.45) is 1.71. The zero-order chi connectivity index (χ0) is 14.1. The highest BCUT2D eigenvalue weighted by molar-refractivity contribution is 9.10. The van der Waals surface area contributed by atoms with Gasteiger partial charge in [-0.05, 0) is 47.5 Å². The molecule has 3 N–H and O–H groups in total. The fourth-order valence-corrected chi connectivity index (χ4v) is 3.28. The minimum Gasteiger partial charge on any atom is -0.396 e. The predicted molar refractivity (Wildman–Crippen MR) is 90.2 cm³/mol. The topological polar surface area (TPSA) is 50.9 Å². The zero-order valence-electron chi connectivity index (χ0n) is 10.9. The Labute approximate surface area is 130 Å². The first-order valence-corrected chi connectivity index (χ1v) is 8.01. The van der Waals surface area contributed by atoms with Crippen LogP contribution in [0.4, 0.5) is 11.4 Å². The van der Waals surface area contributed by atoms with Crippen molar-refractivity contribution in [2.45, 2.75) is 13.0 Å². The molecule has 3 nitrogen and oxygen atoms in total. The van der Waals surface area contributed by atoms with Gasteiger partial charge in [0.1, 0.15) is 0 Å². The molecule has 3 aromatic rings. The Balaban J connectivity index is 2.06. The monoisotopic (exact) mass is 347 g/mol. The molecule has 20 heavy (non-hydrogen) atoms. The third kappa shape index (κ3) is 2.51. The lowest BCUT2D eigenvalue weighted by molar-refractivity contribution is 0.893. The largest absolute Gasteiger partial charge is 0.396 e. The maximum atomic E-state index is 6.10. The molecular weight excluding hydrogens is 334 g/mol. The third-order valence-corrected chi connectivity index (χ3v) is 4.46. The molecule has 0 radical (unpaired) electrons. The van der Waals surface area contributed by atoms with Gasteiger partial charge in [-0.15, -0.1) is 0 Å². The van der Waals surface area contributed by atoms with Gasteiger partial charge in [-0.25, -0.2) is 0 Å². The molecule has 1 unspecified atom stereocenters. The van der Waals surface area contributed by atoms with Crippen LogP contribution in [0.5, 0.6) is 0 Å². The van der Waals surface area contributed by atoms with Gasteiger partial charge in [0.15, 0.2) is 0 Å². The number of benzene rings is 1. The molecule has 0 saturated heterocycles. The number of aromatic nitrogens is 1. The molecule has 3 rings (SSSR count). The molecule has 0 aliphatic heterocycles. The average molecular weight is 348 g/mol. The Hall–Kier alpha value is -1.59. The van der Waals surface area contributed by atoms with Crippen LogP contribution >= 0.6 is 27.3 Å². The van der Waals surface area contributed by atoms with Gasteiger partial charge in [0.05, 0.1) is 23.1 Å². The Morgan fingerprint density at radius 2 is 2.20 bits per heavy atom. The number of hydrogen-bond acceptors (Lipinski definition) is 4. The molecule has 0 aliphatic carbocycles. The second kappa shape index (κ2) is 5.42. The van der Waals surface area contributed by atoms with Crippen molar-refractivity contribution in [3.05, 3.63) is 51.3 Å². The smallest absolute Gasteiger partial charge is 0.0743 e. The van der Waals surface area contributed by atoms with Crippen LogP contribution in [0.1, 0.15) is 18.5 Å². The summed E-state index contributed by atoms with van der Waals surface area (Å²) in [6, 6.07) is 8.34. The Kier molecular flexibility index (Phi) is 3.63. The van der Waals surface area contributed by atoms with Gasteiger partial charge in [0, 0.05) is 15.9 Å². The van der Waals surface area contributed by atoms with Gasteiger partial charge in [0.2, 0.25) is 0 Å². The van der Waals surface area contributed by atoms with E-state index in [4.69, 9.17) is 5.73 Å². The van der Waals surface area contributed by atoms with Crippen molar-refractivity contribution in [2.75, 3.05) is 11.1 Å². The van der Waals surface area contributed by atoms with Crippen LogP contribution in [0.3, 0.4) is 0 Å². The molecule has 5 heteroatoms. The lowest BCUT2D eigenvalue weighted by atomic mass is 10.1. The SMILES string of the molecule is CC(Nc1c(N)cnc2ccc(Br)cc12)c1ccsc1. The minimum absolute atomic E-state index is 0.202. The summed E-state index contributed by atoms with van der Waals surface area (Å²) < 4.78 is 1.02. The van der Waals surface area contributed by atoms with Crippen LogP contribution in [-0.2, 0) is 0 Å². The zero-order valence-corrected chi connectivity index (χ0v) is 13.3. The van der Waals surface area contributed by atoms with Crippen LogP contribution in [0.25, 0.3) is 10.9 Å². The Morgan fingerprint density at radius 1 is 1.35 bits per heavy atom. The maximum Gasteiger partial charge on any atom is 0.0743 e. The second-order valence-corrected chi connectivity index (χ2v) is 6.37. The molecule has 2 heterocycles. The molecule has 102 valence electrons. The van der Waals surface area contributed by atoms with E-state index in [0.29, 0.717) is 5.69 Å². The molecule has 2 aromatic heterocycles. The van der Waals surface area contributed by atoms with E-state index in [2.05, 4.69) is 50.0 Å². The van der Waals surface area contributed by atoms with E-state index in [1.807, 2.05) is 18.2 Å².